The minimum Gasteiger partial charge on any atom is -0.481 e. The van der Waals surface area contributed by atoms with E-state index in [1.807, 2.05) is 54.6 Å². The van der Waals surface area contributed by atoms with Crippen LogP contribution in [0.4, 0.5) is 0 Å². The third kappa shape index (κ3) is 5.22. The fourth-order valence-electron chi connectivity index (χ4n) is 4.21. The summed E-state index contributed by atoms with van der Waals surface area (Å²) >= 11 is 0. The zero-order valence-corrected chi connectivity index (χ0v) is 20.6. The van der Waals surface area contributed by atoms with E-state index in [4.69, 9.17) is 9.84 Å². The van der Waals surface area contributed by atoms with E-state index >= 15 is 0 Å². The second-order valence-electron chi connectivity index (χ2n) is 9.09. The zero-order chi connectivity index (χ0) is 25.8. The largest absolute Gasteiger partial charge is 0.481 e. The third-order valence-corrected chi connectivity index (χ3v) is 6.17. The van der Waals surface area contributed by atoms with Crippen LogP contribution in [0.3, 0.4) is 0 Å². The molecule has 0 atom stereocenters. The van der Waals surface area contributed by atoms with Crippen molar-refractivity contribution in [2.24, 2.45) is 7.05 Å². The maximum atomic E-state index is 13.6. The second kappa shape index (κ2) is 10.6. The van der Waals surface area contributed by atoms with Crippen LogP contribution >= 0.6 is 0 Å². The summed E-state index contributed by atoms with van der Waals surface area (Å²) in [6.45, 7) is 4.20. The Kier molecular flexibility index (Phi) is 7.33. The predicted octanol–water partition coefficient (Wildman–Crippen LogP) is 4.47. The van der Waals surface area contributed by atoms with E-state index in [-0.39, 0.29) is 30.4 Å². The van der Waals surface area contributed by atoms with Crippen molar-refractivity contribution in [2.45, 2.75) is 45.6 Å². The fraction of sp³-hybridized carbons (Fsp3) is 0.286. The molecule has 36 heavy (non-hydrogen) atoms. The lowest BCUT2D eigenvalue weighted by Gasteiger charge is -2.17. The molecule has 0 radical (unpaired) electrons. The topological polar surface area (TPSA) is 103 Å². The van der Waals surface area contributed by atoms with Crippen molar-refractivity contribution in [3.05, 3.63) is 98.3 Å². The van der Waals surface area contributed by atoms with Crippen molar-refractivity contribution in [1.82, 2.24) is 14.1 Å². The van der Waals surface area contributed by atoms with E-state index in [0.29, 0.717) is 29.4 Å². The van der Waals surface area contributed by atoms with Crippen LogP contribution in [-0.4, -0.2) is 25.2 Å². The SMILES string of the molecule is CC(C)c1cccc(Oc2cnc3c(c2Cc2ccccc2)c(=O)n(CCCC(=O)O)c(=O)n3C)c1. The van der Waals surface area contributed by atoms with E-state index in [9.17, 15) is 14.4 Å². The number of carbonyl (C=O) groups is 1. The number of rotatable bonds is 9. The number of aliphatic carboxylic acids is 1. The number of hydrogen-bond donors (Lipinski definition) is 1. The Morgan fingerprint density at radius 3 is 2.53 bits per heavy atom. The number of carboxylic acid groups (broad SMARTS) is 1. The van der Waals surface area contributed by atoms with Crippen molar-refractivity contribution < 1.29 is 14.6 Å². The molecule has 0 aliphatic carbocycles. The minimum absolute atomic E-state index is 0.0000418. The monoisotopic (exact) mass is 487 g/mol. The van der Waals surface area contributed by atoms with Gasteiger partial charge < -0.3 is 9.84 Å². The molecule has 0 fully saturated rings. The first-order chi connectivity index (χ1) is 17.3. The molecule has 4 rings (SSSR count). The number of hydrogen-bond acceptors (Lipinski definition) is 5. The minimum atomic E-state index is -0.980. The van der Waals surface area contributed by atoms with Gasteiger partial charge in [-0.25, -0.2) is 9.78 Å². The number of pyridine rings is 1. The van der Waals surface area contributed by atoms with Crippen molar-refractivity contribution in [3.8, 4) is 11.5 Å². The molecular weight excluding hydrogens is 458 g/mol. The molecule has 0 saturated carbocycles. The maximum Gasteiger partial charge on any atom is 0.332 e. The molecule has 2 aromatic carbocycles. The summed E-state index contributed by atoms with van der Waals surface area (Å²) in [4.78, 5) is 42.0. The van der Waals surface area contributed by atoms with Crippen LogP contribution in [0, 0.1) is 0 Å². The molecule has 8 nitrogen and oxygen atoms in total. The number of fused-ring (bicyclic) bond motifs is 1. The number of aryl methyl sites for hydroxylation is 1. The van der Waals surface area contributed by atoms with Gasteiger partial charge in [0.15, 0.2) is 0 Å². The summed E-state index contributed by atoms with van der Waals surface area (Å²) < 4.78 is 8.70. The number of aromatic nitrogens is 3. The first kappa shape index (κ1) is 24.9. The lowest BCUT2D eigenvalue weighted by atomic mass is 10.0. The summed E-state index contributed by atoms with van der Waals surface area (Å²) in [7, 11) is 1.56. The Balaban J connectivity index is 1.91. The highest BCUT2D eigenvalue weighted by Crippen LogP contribution is 2.31. The van der Waals surface area contributed by atoms with Gasteiger partial charge in [0.2, 0.25) is 0 Å². The second-order valence-corrected chi connectivity index (χ2v) is 9.09. The summed E-state index contributed by atoms with van der Waals surface area (Å²) in [5.74, 6) is 0.398. The first-order valence-corrected chi connectivity index (χ1v) is 11.9. The van der Waals surface area contributed by atoms with Gasteiger partial charge in [0.05, 0.1) is 11.6 Å². The Labute approximate surface area is 208 Å². The first-order valence-electron chi connectivity index (χ1n) is 11.9. The van der Waals surface area contributed by atoms with Gasteiger partial charge in [-0.3, -0.25) is 18.7 Å². The van der Waals surface area contributed by atoms with Gasteiger partial charge in [0.1, 0.15) is 17.1 Å². The van der Waals surface area contributed by atoms with Crippen LogP contribution in [0.1, 0.15) is 49.3 Å². The molecule has 0 spiro atoms. The van der Waals surface area contributed by atoms with E-state index < -0.39 is 17.2 Å². The Hall–Kier alpha value is -4.20. The summed E-state index contributed by atoms with van der Waals surface area (Å²) in [6, 6.07) is 17.5. The van der Waals surface area contributed by atoms with Crippen molar-refractivity contribution in [3.63, 3.8) is 0 Å². The van der Waals surface area contributed by atoms with Gasteiger partial charge in [0.25, 0.3) is 5.56 Å². The highest BCUT2D eigenvalue weighted by molar-refractivity contribution is 5.81. The standard InChI is InChI=1S/C28H29N3O5/c1-18(2)20-11-7-12-21(16-20)36-23-17-29-26-25(22(23)15-19-9-5-4-6-10-19)27(34)31(28(35)30(26)3)14-8-13-24(32)33/h4-7,9-12,16-18H,8,13-15H2,1-3H3,(H,32,33). The summed E-state index contributed by atoms with van der Waals surface area (Å²) in [5.41, 5.74) is 1.93. The maximum absolute atomic E-state index is 13.6. The van der Waals surface area contributed by atoms with Gasteiger partial charge in [-0.2, -0.15) is 0 Å². The normalized spacial score (nSPS) is 11.2. The molecule has 2 aromatic heterocycles. The molecule has 4 aromatic rings. The van der Waals surface area contributed by atoms with Gasteiger partial charge >= 0.3 is 11.7 Å². The molecule has 0 saturated heterocycles. The molecule has 0 amide bonds. The molecule has 0 bridgehead atoms. The number of benzene rings is 2. The van der Waals surface area contributed by atoms with Crippen LogP contribution in [-0.2, 0) is 24.8 Å². The van der Waals surface area contributed by atoms with Gasteiger partial charge in [-0.1, -0.05) is 56.3 Å². The lowest BCUT2D eigenvalue weighted by Crippen LogP contribution is -2.40. The molecule has 0 unspecified atom stereocenters. The van der Waals surface area contributed by atoms with Gasteiger partial charge in [-0.15, -0.1) is 0 Å². The number of carboxylic acids is 1. The van der Waals surface area contributed by atoms with Gasteiger partial charge in [-0.05, 0) is 35.6 Å². The average Bonchev–Trinajstić information content (AvgIpc) is 2.86. The van der Waals surface area contributed by atoms with E-state index in [2.05, 4.69) is 18.8 Å². The van der Waals surface area contributed by atoms with Crippen molar-refractivity contribution in [1.29, 1.82) is 0 Å². The van der Waals surface area contributed by atoms with E-state index in [1.165, 1.54) is 4.57 Å². The Morgan fingerprint density at radius 2 is 1.83 bits per heavy atom. The quantitative estimate of drug-likeness (QED) is 0.374. The van der Waals surface area contributed by atoms with Crippen LogP contribution < -0.4 is 16.0 Å². The third-order valence-electron chi connectivity index (χ3n) is 6.17. The van der Waals surface area contributed by atoms with Crippen LogP contribution in [0.25, 0.3) is 11.0 Å². The number of ether oxygens (including phenoxy) is 1. The molecule has 0 aliphatic rings. The highest BCUT2D eigenvalue weighted by atomic mass is 16.5. The molecular formula is C28H29N3O5. The molecule has 1 N–H and O–H groups in total. The lowest BCUT2D eigenvalue weighted by molar-refractivity contribution is -0.137. The van der Waals surface area contributed by atoms with Crippen LogP contribution in [0.15, 0.2) is 70.4 Å². The van der Waals surface area contributed by atoms with Crippen LogP contribution in [0.5, 0.6) is 11.5 Å². The fourth-order valence-corrected chi connectivity index (χ4v) is 4.21. The van der Waals surface area contributed by atoms with Crippen molar-refractivity contribution >= 4 is 17.0 Å². The average molecular weight is 488 g/mol. The predicted molar refractivity (Wildman–Crippen MR) is 138 cm³/mol. The molecule has 8 heteroatoms. The van der Waals surface area contributed by atoms with E-state index in [1.54, 1.807) is 13.2 Å². The molecule has 2 heterocycles. The zero-order valence-electron chi connectivity index (χ0n) is 20.6. The molecule has 0 aliphatic heterocycles. The van der Waals surface area contributed by atoms with Crippen LogP contribution in [0.2, 0.25) is 0 Å². The summed E-state index contributed by atoms with van der Waals surface area (Å²) in [6.07, 6.45) is 1.96. The summed E-state index contributed by atoms with van der Waals surface area (Å²) in [5, 5.41) is 9.28. The smallest absolute Gasteiger partial charge is 0.332 e. The van der Waals surface area contributed by atoms with Gasteiger partial charge in [0, 0.05) is 32.0 Å². The van der Waals surface area contributed by atoms with Crippen molar-refractivity contribution in [2.75, 3.05) is 0 Å². The Bertz CT molecular complexity index is 1520. The Morgan fingerprint density at radius 1 is 1.08 bits per heavy atom. The number of nitrogens with zero attached hydrogens (tertiary/aromatic N) is 3. The highest BCUT2D eigenvalue weighted by Gasteiger charge is 2.20. The molecule has 186 valence electrons. The van der Waals surface area contributed by atoms with E-state index in [0.717, 1.165) is 15.7 Å².